The maximum absolute atomic E-state index is 12.4. The molecule has 4 amide bonds. The lowest BCUT2D eigenvalue weighted by atomic mass is 10.0. The molecular formula is C40H53N4O10. The lowest BCUT2D eigenvalue weighted by Crippen LogP contribution is -2.32. The largest absolute Gasteiger partial charge is 0.493 e. The molecule has 293 valence electrons. The van der Waals surface area contributed by atoms with Gasteiger partial charge in [0.15, 0.2) is 18.1 Å². The van der Waals surface area contributed by atoms with Crippen LogP contribution >= 0.6 is 0 Å². The number of methoxy groups -OCH3 is 2. The van der Waals surface area contributed by atoms with Crippen LogP contribution in [0.25, 0.3) is 0 Å². The van der Waals surface area contributed by atoms with Gasteiger partial charge in [-0.1, -0.05) is 31.0 Å². The van der Waals surface area contributed by atoms with Crippen molar-refractivity contribution in [1.82, 2.24) is 16.1 Å². The molecule has 0 saturated heterocycles. The monoisotopic (exact) mass is 749 g/mol. The Morgan fingerprint density at radius 3 is 2.07 bits per heavy atom. The van der Waals surface area contributed by atoms with Crippen molar-refractivity contribution in [3.8, 4) is 17.2 Å². The van der Waals surface area contributed by atoms with E-state index in [1.807, 2.05) is 42.5 Å². The number of hydrogen-bond acceptors (Lipinski definition) is 10. The van der Waals surface area contributed by atoms with Gasteiger partial charge in [-0.15, -0.1) is 0 Å². The number of carbonyl (C=O) groups is 4. The fourth-order valence-electron chi connectivity index (χ4n) is 5.21. The van der Waals surface area contributed by atoms with Gasteiger partial charge >= 0.3 is 0 Å². The molecule has 0 heterocycles. The van der Waals surface area contributed by atoms with E-state index in [2.05, 4.69) is 22.4 Å². The van der Waals surface area contributed by atoms with Gasteiger partial charge in [0.05, 0.1) is 40.6 Å². The van der Waals surface area contributed by atoms with Gasteiger partial charge in [0.1, 0.15) is 5.75 Å². The van der Waals surface area contributed by atoms with Crippen LogP contribution in [0.5, 0.6) is 17.2 Å². The standard InChI is InChI=1S/C40H53N4O10/c1-50-35-20-15-31(28-36(35)51-2)10-7-9-30-11-8-12-34(27-30)54-29-39(47)41-21-23-52-25-26-53-24-22-42-40(48)32-16-18-33(19-17-32)43-37(45)13-5-3-4-6-14-38(46)44-49/h8-9,11-12,15-20,27-28,49H,3-7,10,13-14,21-26,29H2,1-2H3,(H,41,47)(H,42,48)(H,43,45)(H,44,46). The summed E-state index contributed by atoms with van der Waals surface area (Å²) in [6.07, 6.45) is 7.34. The van der Waals surface area contributed by atoms with Crippen molar-refractivity contribution in [2.75, 3.05) is 65.7 Å². The lowest BCUT2D eigenvalue weighted by molar-refractivity contribution is -0.129. The molecule has 0 aromatic heterocycles. The van der Waals surface area contributed by atoms with E-state index >= 15 is 0 Å². The smallest absolute Gasteiger partial charge is 0.258 e. The molecular weight excluding hydrogens is 696 g/mol. The van der Waals surface area contributed by atoms with Crippen molar-refractivity contribution in [1.29, 1.82) is 0 Å². The first-order chi connectivity index (χ1) is 26.3. The number of hydrogen-bond donors (Lipinski definition) is 5. The molecule has 3 aromatic rings. The van der Waals surface area contributed by atoms with Crippen molar-refractivity contribution in [2.24, 2.45) is 0 Å². The summed E-state index contributed by atoms with van der Waals surface area (Å²) in [4.78, 5) is 47.8. The van der Waals surface area contributed by atoms with Crippen molar-refractivity contribution >= 4 is 29.3 Å². The summed E-state index contributed by atoms with van der Waals surface area (Å²) in [7, 11) is 3.24. The van der Waals surface area contributed by atoms with Crippen LogP contribution in [0.2, 0.25) is 0 Å². The molecule has 0 aliphatic rings. The third-order valence-electron chi connectivity index (χ3n) is 8.07. The Labute approximate surface area is 317 Å². The first-order valence-corrected chi connectivity index (χ1v) is 18.1. The Balaban J connectivity index is 1.16. The highest BCUT2D eigenvalue weighted by Crippen LogP contribution is 2.28. The highest BCUT2D eigenvalue weighted by molar-refractivity contribution is 5.95. The van der Waals surface area contributed by atoms with Crippen LogP contribution < -0.4 is 35.6 Å². The number of anilines is 1. The zero-order chi connectivity index (χ0) is 38.8. The third-order valence-corrected chi connectivity index (χ3v) is 8.07. The topological polar surface area (TPSA) is 183 Å². The molecule has 0 spiro atoms. The van der Waals surface area contributed by atoms with E-state index in [4.69, 9.17) is 28.9 Å². The Hall–Kier alpha value is -5.18. The van der Waals surface area contributed by atoms with Crippen molar-refractivity contribution in [3.63, 3.8) is 0 Å². The summed E-state index contributed by atoms with van der Waals surface area (Å²) >= 11 is 0. The van der Waals surface area contributed by atoms with Crippen molar-refractivity contribution < 1.29 is 48.1 Å². The molecule has 3 rings (SSSR count). The normalized spacial score (nSPS) is 10.6. The predicted octanol–water partition coefficient (Wildman–Crippen LogP) is 4.63. The Bertz CT molecular complexity index is 1590. The molecule has 0 unspecified atom stereocenters. The van der Waals surface area contributed by atoms with E-state index in [1.54, 1.807) is 44.0 Å². The molecule has 1 radical (unpaired) electrons. The summed E-state index contributed by atoms with van der Waals surface area (Å²) in [6, 6.07) is 20.1. The number of hydroxylamine groups is 1. The van der Waals surface area contributed by atoms with Gasteiger partial charge in [-0.05, 0) is 91.8 Å². The predicted molar refractivity (Wildman–Crippen MR) is 203 cm³/mol. The molecule has 5 N–H and O–H groups in total. The Kier molecular flexibility index (Phi) is 20.6. The minimum Gasteiger partial charge on any atom is -0.493 e. The molecule has 0 saturated carbocycles. The number of amides is 4. The highest BCUT2D eigenvalue weighted by Gasteiger charge is 2.09. The molecule has 0 aliphatic carbocycles. The van der Waals surface area contributed by atoms with Gasteiger partial charge < -0.3 is 39.6 Å². The minimum atomic E-state index is -0.409. The zero-order valence-corrected chi connectivity index (χ0v) is 31.2. The number of unbranched alkanes of at least 4 members (excludes halogenated alkanes) is 3. The van der Waals surface area contributed by atoms with Crippen LogP contribution in [0.3, 0.4) is 0 Å². The maximum Gasteiger partial charge on any atom is 0.258 e. The van der Waals surface area contributed by atoms with Gasteiger partial charge in [-0.2, -0.15) is 0 Å². The molecule has 14 nitrogen and oxygen atoms in total. The zero-order valence-electron chi connectivity index (χ0n) is 31.2. The van der Waals surface area contributed by atoms with Crippen LogP contribution in [-0.2, 0) is 30.3 Å². The minimum absolute atomic E-state index is 0.108. The number of rotatable bonds is 27. The second-order valence-electron chi connectivity index (χ2n) is 12.2. The van der Waals surface area contributed by atoms with E-state index in [-0.39, 0.29) is 30.7 Å². The van der Waals surface area contributed by atoms with Gasteiger partial charge in [0.2, 0.25) is 11.8 Å². The van der Waals surface area contributed by atoms with Crippen molar-refractivity contribution in [3.05, 3.63) is 89.8 Å². The van der Waals surface area contributed by atoms with Crippen LogP contribution in [-0.4, -0.2) is 89.2 Å². The summed E-state index contributed by atoms with van der Waals surface area (Å²) in [5.74, 6) is 0.984. The molecule has 0 aliphatic heterocycles. The fourth-order valence-corrected chi connectivity index (χ4v) is 5.21. The fraction of sp³-hybridized carbons (Fsp3) is 0.425. The Morgan fingerprint density at radius 2 is 1.39 bits per heavy atom. The number of aryl methyl sites for hydroxylation is 1. The van der Waals surface area contributed by atoms with E-state index in [0.29, 0.717) is 87.3 Å². The molecule has 0 atom stereocenters. The maximum atomic E-state index is 12.4. The second kappa shape index (κ2) is 25.7. The number of benzene rings is 3. The molecule has 3 aromatic carbocycles. The van der Waals surface area contributed by atoms with Crippen LogP contribution in [0.15, 0.2) is 66.7 Å². The van der Waals surface area contributed by atoms with Crippen LogP contribution in [0.1, 0.15) is 66.4 Å². The molecule has 0 bridgehead atoms. The van der Waals surface area contributed by atoms with E-state index in [9.17, 15) is 19.2 Å². The molecule has 14 heteroatoms. The summed E-state index contributed by atoms with van der Waals surface area (Å²) < 4.78 is 27.4. The summed E-state index contributed by atoms with van der Waals surface area (Å²) in [5.41, 5.74) is 4.81. The van der Waals surface area contributed by atoms with Gasteiger partial charge in [0.25, 0.3) is 11.8 Å². The Morgan fingerprint density at radius 1 is 0.704 bits per heavy atom. The van der Waals surface area contributed by atoms with Gasteiger partial charge in [-0.25, -0.2) is 5.48 Å². The average molecular weight is 750 g/mol. The quantitative estimate of drug-likeness (QED) is 0.0419. The van der Waals surface area contributed by atoms with Crippen molar-refractivity contribution in [2.45, 2.75) is 51.4 Å². The second-order valence-corrected chi connectivity index (χ2v) is 12.2. The number of carbonyl (C=O) groups excluding carboxylic acids is 4. The first kappa shape index (κ1) is 43.2. The van der Waals surface area contributed by atoms with Crippen LogP contribution in [0, 0.1) is 6.42 Å². The summed E-state index contributed by atoms with van der Waals surface area (Å²) in [6.45, 7) is 1.85. The number of ether oxygens (including phenoxy) is 5. The van der Waals surface area contributed by atoms with Gasteiger partial charge in [-0.3, -0.25) is 24.4 Å². The highest BCUT2D eigenvalue weighted by atomic mass is 16.5. The van der Waals surface area contributed by atoms with Crippen LogP contribution in [0.4, 0.5) is 5.69 Å². The SMILES string of the molecule is COc1ccc(CC[CH]c2cccc(OCC(=O)NCCOCCOCCNC(=O)c3ccc(NC(=O)CCCCCCC(=O)NO)cc3)c2)cc1OC. The third kappa shape index (κ3) is 17.6. The molecule has 54 heavy (non-hydrogen) atoms. The van der Waals surface area contributed by atoms with Gasteiger partial charge in [0, 0.05) is 37.2 Å². The first-order valence-electron chi connectivity index (χ1n) is 18.1. The summed E-state index contributed by atoms with van der Waals surface area (Å²) in [5, 5.41) is 16.8. The molecule has 0 fully saturated rings. The van der Waals surface area contributed by atoms with E-state index < -0.39 is 5.91 Å². The lowest BCUT2D eigenvalue weighted by Gasteiger charge is -2.10. The van der Waals surface area contributed by atoms with E-state index in [1.165, 1.54) is 0 Å². The van der Waals surface area contributed by atoms with E-state index in [0.717, 1.165) is 36.8 Å². The number of nitrogens with one attached hydrogen (secondary N) is 4. The average Bonchev–Trinajstić information content (AvgIpc) is 3.19.